The molecule has 1 aromatic heterocycles. The van der Waals surface area contributed by atoms with Crippen LogP contribution in [0.2, 0.25) is 0 Å². The van der Waals surface area contributed by atoms with E-state index in [1.54, 1.807) is 12.4 Å². The lowest BCUT2D eigenvalue weighted by molar-refractivity contribution is 0.562. The molecule has 1 aromatic carbocycles. The van der Waals surface area contributed by atoms with Gasteiger partial charge < -0.3 is 4.55 Å². The van der Waals surface area contributed by atoms with Crippen LogP contribution in [0.25, 0.3) is 10.9 Å². The van der Waals surface area contributed by atoms with Crippen LogP contribution >= 0.6 is 0 Å². The maximum atomic E-state index is 11.8. The van der Waals surface area contributed by atoms with Crippen LogP contribution in [0.15, 0.2) is 28.8 Å². The van der Waals surface area contributed by atoms with Crippen LogP contribution in [-0.4, -0.2) is 25.7 Å². The molecule has 2 rings (SSSR count). The van der Waals surface area contributed by atoms with Crippen molar-refractivity contribution in [1.29, 1.82) is 0 Å². The van der Waals surface area contributed by atoms with Gasteiger partial charge in [0.05, 0.1) is 17.9 Å². The first kappa shape index (κ1) is 12.1. The number of hydrogen-bond acceptors (Lipinski definition) is 3. The van der Waals surface area contributed by atoms with Crippen molar-refractivity contribution in [2.45, 2.75) is 25.5 Å². The summed E-state index contributed by atoms with van der Waals surface area (Å²) in [4.78, 5) is 0. The number of rotatable bonds is 2. The third-order valence-corrected chi connectivity index (χ3v) is 3.67. The Hall–Kier alpha value is -1.33. The molecule has 0 aliphatic carbocycles. The molecule has 1 N–H and O–H groups in total. The van der Waals surface area contributed by atoms with E-state index < -0.39 is 11.4 Å². The van der Waals surface area contributed by atoms with Crippen molar-refractivity contribution in [3.8, 4) is 0 Å². The summed E-state index contributed by atoms with van der Waals surface area (Å²) < 4.78 is 15.6. The van der Waals surface area contributed by atoms with Gasteiger partial charge in [-0.05, 0) is 26.8 Å². The molecule has 2 aromatic rings. The normalized spacial score (nSPS) is 14.6. The zero-order chi connectivity index (χ0) is 12.5. The van der Waals surface area contributed by atoms with Gasteiger partial charge in [-0.1, -0.05) is 16.5 Å². The summed E-state index contributed by atoms with van der Waals surface area (Å²) in [6, 6.07) is 5.80. The zero-order valence-electron chi connectivity index (χ0n) is 10.1. The van der Waals surface area contributed by atoms with Crippen LogP contribution in [-0.2, 0) is 11.4 Å². The van der Waals surface area contributed by atoms with Crippen molar-refractivity contribution < 1.29 is 4.55 Å². The van der Waals surface area contributed by atoms with Gasteiger partial charge in [0.2, 0.25) is 0 Å². The minimum absolute atomic E-state index is 0.333. The Balaban J connectivity index is 2.30. The van der Waals surface area contributed by atoms with Gasteiger partial charge in [0, 0.05) is 10.9 Å². The first-order valence-electron chi connectivity index (χ1n) is 5.36. The highest BCUT2D eigenvalue weighted by Gasteiger charge is 2.25. The molecule has 90 valence electrons. The molecule has 1 heterocycles. The van der Waals surface area contributed by atoms with Gasteiger partial charge in [-0.25, -0.2) is 0 Å². The van der Waals surface area contributed by atoms with Crippen molar-refractivity contribution in [3.05, 3.63) is 30.0 Å². The van der Waals surface area contributed by atoms with Gasteiger partial charge in [0.25, 0.3) is 0 Å². The Bertz CT molecular complexity index is 542. The summed E-state index contributed by atoms with van der Waals surface area (Å²) in [5, 5.41) is 7.85. The second-order valence-corrected chi connectivity index (χ2v) is 6.71. The zero-order valence-corrected chi connectivity index (χ0v) is 10.9. The molecule has 1 atom stereocenters. The molecular weight excluding hydrogens is 234 g/mol. The average Bonchev–Trinajstić information content (AvgIpc) is 2.72. The number of nitrogens with zero attached hydrogens (tertiary/aromatic N) is 2. The molecule has 5 heteroatoms. The van der Waals surface area contributed by atoms with E-state index in [1.807, 2.05) is 39.0 Å². The van der Waals surface area contributed by atoms with E-state index >= 15 is 0 Å². The Kier molecular flexibility index (Phi) is 3.22. The van der Waals surface area contributed by atoms with E-state index in [9.17, 15) is 4.55 Å². The molecular formula is C12H15N3OS. The van der Waals surface area contributed by atoms with E-state index in [2.05, 4.69) is 14.6 Å². The fourth-order valence-electron chi connectivity index (χ4n) is 1.37. The highest BCUT2D eigenvalue weighted by atomic mass is 32.2. The predicted molar refractivity (Wildman–Crippen MR) is 71.6 cm³/mol. The molecule has 0 amide bonds. The summed E-state index contributed by atoms with van der Waals surface area (Å²) in [6.07, 6.45) is 3.40. The number of nitrogens with one attached hydrogen (secondary N) is 1. The Morgan fingerprint density at radius 3 is 2.88 bits per heavy atom. The Labute approximate surface area is 103 Å². The van der Waals surface area contributed by atoms with Crippen molar-refractivity contribution >= 4 is 28.5 Å². The Morgan fingerprint density at radius 2 is 2.18 bits per heavy atom. The number of benzene rings is 1. The van der Waals surface area contributed by atoms with Gasteiger partial charge in [-0.15, -0.1) is 0 Å². The SMILES string of the molecule is CC(C)(C)[S+]([O-])/N=C/c1cccc2[nH]ncc12. The second kappa shape index (κ2) is 4.50. The van der Waals surface area contributed by atoms with Crippen molar-refractivity contribution in [1.82, 2.24) is 10.2 Å². The van der Waals surface area contributed by atoms with Crippen molar-refractivity contribution in [2.75, 3.05) is 0 Å². The molecule has 0 bridgehead atoms. The van der Waals surface area contributed by atoms with Crippen LogP contribution in [0.5, 0.6) is 0 Å². The summed E-state index contributed by atoms with van der Waals surface area (Å²) in [6.45, 7) is 5.71. The van der Waals surface area contributed by atoms with Crippen LogP contribution in [0.1, 0.15) is 26.3 Å². The fourth-order valence-corrected chi connectivity index (χ4v) is 1.89. The van der Waals surface area contributed by atoms with Gasteiger partial charge in [-0.2, -0.15) is 5.10 Å². The topological polar surface area (TPSA) is 64.1 Å². The first-order chi connectivity index (χ1) is 7.98. The molecule has 0 saturated carbocycles. The maximum absolute atomic E-state index is 11.8. The average molecular weight is 249 g/mol. The summed E-state index contributed by atoms with van der Waals surface area (Å²) in [5.74, 6) is 0. The van der Waals surface area contributed by atoms with Gasteiger partial charge in [0.15, 0.2) is 0 Å². The molecule has 0 spiro atoms. The third-order valence-electron chi connectivity index (χ3n) is 2.33. The van der Waals surface area contributed by atoms with Crippen LogP contribution in [0.4, 0.5) is 0 Å². The van der Waals surface area contributed by atoms with Crippen molar-refractivity contribution in [2.24, 2.45) is 4.40 Å². The number of aromatic nitrogens is 2. The third kappa shape index (κ3) is 2.68. The number of fused-ring (bicyclic) bond motifs is 1. The van der Waals surface area contributed by atoms with Gasteiger partial charge >= 0.3 is 0 Å². The molecule has 0 saturated heterocycles. The second-order valence-electron chi connectivity index (χ2n) is 4.77. The minimum atomic E-state index is -1.23. The molecule has 0 radical (unpaired) electrons. The van der Waals surface area contributed by atoms with E-state index in [0.717, 1.165) is 16.5 Å². The summed E-state index contributed by atoms with van der Waals surface area (Å²) >= 11 is -1.23. The molecule has 0 aliphatic heterocycles. The first-order valence-corrected chi connectivity index (χ1v) is 6.47. The highest BCUT2D eigenvalue weighted by molar-refractivity contribution is 7.91. The molecule has 17 heavy (non-hydrogen) atoms. The lowest BCUT2D eigenvalue weighted by Crippen LogP contribution is -2.25. The maximum Gasteiger partial charge on any atom is 0.144 e. The van der Waals surface area contributed by atoms with Crippen LogP contribution < -0.4 is 0 Å². The van der Waals surface area contributed by atoms with Gasteiger partial charge in [-0.3, -0.25) is 5.10 Å². The van der Waals surface area contributed by atoms with E-state index in [0.29, 0.717) is 0 Å². The minimum Gasteiger partial charge on any atom is -0.591 e. The predicted octanol–water partition coefficient (Wildman–Crippen LogP) is 2.44. The molecule has 1 unspecified atom stereocenters. The van der Waals surface area contributed by atoms with E-state index in [-0.39, 0.29) is 4.75 Å². The monoisotopic (exact) mass is 249 g/mol. The highest BCUT2D eigenvalue weighted by Crippen LogP contribution is 2.18. The molecule has 4 nitrogen and oxygen atoms in total. The number of H-pyrrole nitrogens is 1. The van der Waals surface area contributed by atoms with E-state index in [1.165, 1.54) is 0 Å². The molecule has 0 fully saturated rings. The fraction of sp³-hybridized carbons (Fsp3) is 0.333. The lowest BCUT2D eigenvalue weighted by Gasteiger charge is -2.17. The summed E-state index contributed by atoms with van der Waals surface area (Å²) in [7, 11) is 0. The Morgan fingerprint density at radius 1 is 1.41 bits per heavy atom. The standard InChI is InChI=1S/C12H15N3OS/c1-12(2,3)17(16)14-7-9-5-4-6-11-10(9)8-13-15-11/h4-8H,1-3H3,(H,13,15)/b14-7+. The number of aromatic amines is 1. The van der Waals surface area contributed by atoms with E-state index in [4.69, 9.17) is 0 Å². The smallest absolute Gasteiger partial charge is 0.144 e. The van der Waals surface area contributed by atoms with Crippen LogP contribution in [0, 0.1) is 0 Å². The lowest BCUT2D eigenvalue weighted by atomic mass is 10.1. The van der Waals surface area contributed by atoms with Crippen molar-refractivity contribution in [3.63, 3.8) is 0 Å². The number of hydrogen-bond donors (Lipinski definition) is 1. The summed E-state index contributed by atoms with van der Waals surface area (Å²) in [5.41, 5.74) is 1.88. The quantitative estimate of drug-likeness (QED) is 0.656. The molecule has 0 aliphatic rings. The van der Waals surface area contributed by atoms with Gasteiger partial charge in [0.1, 0.15) is 16.1 Å². The largest absolute Gasteiger partial charge is 0.591 e. The van der Waals surface area contributed by atoms with Crippen LogP contribution in [0.3, 0.4) is 0 Å².